The van der Waals surface area contributed by atoms with E-state index in [0.717, 1.165) is 5.56 Å². The Labute approximate surface area is 115 Å². The van der Waals surface area contributed by atoms with Crippen LogP contribution in [0.5, 0.6) is 11.5 Å². The van der Waals surface area contributed by atoms with Crippen molar-refractivity contribution in [3.05, 3.63) is 23.8 Å². The van der Waals surface area contributed by atoms with E-state index in [0.29, 0.717) is 11.5 Å². The van der Waals surface area contributed by atoms with E-state index in [1.54, 1.807) is 14.2 Å². The van der Waals surface area contributed by atoms with Crippen molar-refractivity contribution in [3.8, 4) is 17.6 Å². The molecule has 0 saturated heterocycles. The molecule has 0 saturated carbocycles. The van der Waals surface area contributed by atoms with E-state index in [1.807, 2.05) is 51.0 Å². The second kappa shape index (κ2) is 5.94. The third-order valence-electron chi connectivity index (χ3n) is 3.21. The van der Waals surface area contributed by atoms with Crippen molar-refractivity contribution in [2.45, 2.75) is 19.9 Å². The molecule has 0 bridgehead atoms. The first-order chi connectivity index (χ1) is 8.87. The molecule has 0 radical (unpaired) electrons. The first kappa shape index (κ1) is 15.3. The van der Waals surface area contributed by atoms with Crippen LogP contribution in [-0.2, 0) is 0 Å². The predicted molar refractivity (Wildman–Crippen MR) is 75.4 cm³/mol. The molecule has 0 heterocycles. The van der Waals surface area contributed by atoms with Crippen LogP contribution >= 0.6 is 0 Å². The topological polar surface area (TPSA) is 45.5 Å². The van der Waals surface area contributed by atoms with Crippen LogP contribution in [-0.4, -0.2) is 33.2 Å². The summed E-state index contributed by atoms with van der Waals surface area (Å²) in [6.45, 7) is 3.88. The summed E-state index contributed by atoms with van der Waals surface area (Å²) in [6, 6.07) is 8.14. The Kier molecular flexibility index (Phi) is 4.79. The molecule has 1 unspecified atom stereocenters. The standard InChI is InChI=1S/C15H22N2O2/c1-15(2,10-16)14(17(3)4)11-7-8-12(18-5)13(9-11)19-6/h7-9,14H,1-6H3. The van der Waals surface area contributed by atoms with Gasteiger partial charge in [0.05, 0.1) is 31.7 Å². The van der Waals surface area contributed by atoms with Gasteiger partial charge in [0.25, 0.3) is 0 Å². The molecule has 4 heteroatoms. The van der Waals surface area contributed by atoms with Gasteiger partial charge in [0.2, 0.25) is 0 Å². The second-order valence-electron chi connectivity index (χ2n) is 5.31. The average Bonchev–Trinajstić information content (AvgIpc) is 2.37. The fourth-order valence-corrected chi connectivity index (χ4v) is 2.44. The molecule has 0 aliphatic rings. The zero-order chi connectivity index (χ0) is 14.6. The summed E-state index contributed by atoms with van der Waals surface area (Å²) >= 11 is 0. The third kappa shape index (κ3) is 3.18. The number of rotatable bonds is 5. The summed E-state index contributed by atoms with van der Waals surface area (Å²) in [6.07, 6.45) is 0. The molecular formula is C15H22N2O2. The van der Waals surface area contributed by atoms with Gasteiger partial charge in [-0.3, -0.25) is 0 Å². The third-order valence-corrected chi connectivity index (χ3v) is 3.21. The minimum Gasteiger partial charge on any atom is -0.493 e. The van der Waals surface area contributed by atoms with E-state index >= 15 is 0 Å². The maximum Gasteiger partial charge on any atom is 0.161 e. The molecule has 0 fully saturated rings. The van der Waals surface area contributed by atoms with Gasteiger partial charge in [0.1, 0.15) is 0 Å². The maximum atomic E-state index is 9.37. The highest BCUT2D eigenvalue weighted by Gasteiger charge is 2.33. The van der Waals surface area contributed by atoms with Gasteiger partial charge in [-0.25, -0.2) is 0 Å². The Morgan fingerprint density at radius 3 is 2.16 bits per heavy atom. The van der Waals surface area contributed by atoms with Gasteiger partial charge in [-0.05, 0) is 45.6 Å². The number of hydrogen-bond acceptors (Lipinski definition) is 4. The molecule has 0 spiro atoms. The normalized spacial score (nSPS) is 12.9. The van der Waals surface area contributed by atoms with Crippen molar-refractivity contribution in [1.29, 1.82) is 5.26 Å². The van der Waals surface area contributed by atoms with Crippen LogP contribution < -0.4 is 9.47 Å². The molecule has 0 N–H and O–H groups in total. The quantitative estimate of drug-likeness (QED) is 0.818. The van der Waals surface area contributed by atoms with Crippen molar-refractivity contribution < 1.29 is 9.47 Å². The van der Waals surface area contributed by atoms with Crippen molar-refractivity contribution in [2.75, 3.05) is 28.3 Å². The van der Waals surface area contributed by atoms with Crippen LogP contribution in [0.15, 0.2) is 18.2 Å². The summed E-state index contributed by atoms with van der Waals surface area (Å²) in [5.74, 6) is 1.37. The highest BCUT2D eigenvalue weighted by molar-refractivity contribution is 5.44. The summed E-state index contributed by atoms with van der Waals surface area (Å²) in [7, 11) is 7.17. The van der Waals surface area contributed by atoms with Crippen LogP contribution in [0.3, 0.4) is 0 Å². The molecule has 1 rings (SSSR count). The fourth-order valence-electron chi connectivity index (χ4n) is 2.44. The zero-order valence-electron chi connectivity index (χ0n) is 12.5. The lowest BCUT2D eigenvalue weighted by atomic mass is 9.81. The van der Waals surface area contributed by atoms with Crippen molar-refractivity contribution in [2.24, 2.45) is 5.41 Å². The number of nitrogens with zero attached hydrogens (tertiary/aromatic N) is 2. The molecule has 1 aromatic rings. The largest absolute Gasteiger partial charge is 0.493 e. The molecule has 0 aromatic heterocycles. The molecule has 0 amide bonds. The molecule has 19 heavy (non-hydrogen) atoms. The number of nitriles is 1. The van der Waals surface area contributed by atoms with Gasteiger partial charge in [-0.1, -0.05) is 6.07 Å². The smallest absolute Gasteiger partial charge is 0.161 e. The van der Waals surface area contributed by atoms with Crippen LogP contribution in [0.1, 0.15) is 25.5 Å². The van der Waals surface area contributed by atoms with Gasteiger partial charge in [0.15, 0.2) is 11.5 Å². The molecule has 0 aliphatic carbocycles. The monoisotopic (exact) mass is 262 g/mol. The number of methoxy groups -OCH3 is 2. The summed E-state index contributed by atoms with van der Waals surface area (Å²) in [4.78, 5) is 2.05. The van der Waals surface area contributed by atoms with Gasteiger partial charge < -0.3 is 14.4 Å². The SMILES string of the molecule is COc1ccc(C(N(C)C)C(C)(C)C#N)cc1OC. The fraction of sp³-hybridized carbons (Fsp3) is 0.533. The maximum absolute atomic E-state index is 9.37. The highest BCUT2D eigenvalue weighted by atomic mass is 16.5. The van der Waals surface area contributed by atoms with Crippen molar-refractivity contribution in [1.82, 2.24) is 4.90 Å². The number of hydrogen-bond donors (Lipinski definition) is 0. The second-order valence-corrected chi connectivity index (χ2v) is 5.31. The molecule has 4 nitrogen and oxygen atoms in total. The van der Waals surface area contributed by atoms with Gasteiger partial charge in [-0.15, -0.1) is 0 Å². The lowest BCUT2D eigenvalue weighted by Gasteiger charge is -2.34. The van der Waals surface area contributed by atoms with E-state index < -0.39 is 5.41 Å². The molecular weight excluding hydrogens is 240 g/mol. The molecule has 104 valence electrons. The molecule has 0 aliphatic heterocycles. The average molecular weight is 262 g/mol. The van der Waals surface area contributed by atoms with E-state index in [1.165, 1.54) is 0 Å². The van der Waals surface area contributed by atoms with Gasteiger partial charge in [0, 0.05) is 0 Å². The van der Waals surface area contributed by atoms with E-state index in [2.05, 4.69) is 6.07 Å². The van der Waals surface area contributed by atoms with Crippen molar-refractivity contribution in [3.63, 3.8) is 0 Å². The van der Waals surface area contributed by atoms with Gasteiger partial charge >= 0.3 is 0 Å². The Morgan fingerprint density at radius 2 is 1.74 bits per heavy atom. The summed E-state index contributed by atoms with van der Waals surface area (Å²) in [5.41, 5.74) is 0.539. The lowest BCUT2D eigenvalue weighted by molar-refractivity contribution is 0.184. The Hall–Kier alpha value is -1.73. The van der Waals surface area contributed by atoms with Gasteiger partial charge in [-0.2, -0.15) is 5.26 Å². The first-order valence-electron chi connectivity index (χ1n) is 6.17. The van der Waals surface area contributed by atoms with Crippen LogP contribution in [0, 0.1) is 16.7 Å². The van der Waals surface area contributed by atoms with Crippen LogP contribution in [0.2, 0.25) is 0 Å². The Morgan fingerprint density at radius 1 is 1.16 bits per heavy atom. The minimum atomic E-state index is -0.497. The number of ether oxygens (including phenoxy) is 2. The Bertz CT molecular complexity index is 476. The van der Waals surface area contributed by atoms with E-state index in [9.17, 15) is 5.26 Å². The minimum absolute atomic E-state index is 0.0164. The highest BCUT2D eigenvalue weighted by Crippen LogP contribution is 2.39. The lowest BCUT2D eigenvalue weighted by Crippen LogP contribution is -2.32. The summed E-state index contributed by atoms with van der Waals surface area (Å²) in [5, 5.41) is 9.37. The zero-order valence-corrected chi connectivity index (χ0v) is 12.5. The van der Waals surface area contributed by atoms with Crippen LogP contribution in [0.4, 0.5) is 0 Å². The predicted octanol–water partition coefficient (Wildman–Crippen LogP) is 2.86. The van der Waals surface area contributed by atoms with E-state index in [4.69, 9.17) is 9.47 Å². The first-order valence-corrected chi connectivity index (χ1v) is 6.17. The van der Waals surface area contributed by atoms with Crippen LogP contribution in [0.25, 0.3) is 0 Å². The van der Waals surface area contributed by atoms with E-state index in [-0.39, 0.29) is 6.04 Å². The number of benzene rings is 1. The molecule has 1 atom stereocenters. The molecule has 1 aromatic carbocycles. The summed E-state index contributed by atoms with van der Waals surface area (Å²) < 4.78 is 10.6. The Balaban J connectivity index is 3.30. The van der Waals surface area contributed by atoms with Crippen molar-refractivity contribution >= 4 is 0 Å².